The van der Waals surface area contributed by atoms with Crippen molar-refractivity contribution in [3.05, 3.63) is 30.3 Å². The van der Waals surface area contributed by atoms with Crippen molar-refractivity contribution in [2.45, 2.75) is 51.4 Å². The molecule has 0 radical (unpaired) electrons. The van der Waals surface area contributed by atoms with Crippen LogP contribution in [0.25, 0.3) is 0 Å². The summed E-state index contributed by atoms with van der Waals surface area (Å²) in [4.78, 5) is 2.33. The zero-order valence-corrected chi connectivity index (χ0v) is 21.2. The molecule has 0 saturated carbocycles. The Morgan fingerprint density at radius 1 is 0.655 bits per heavy atom. The predicted molar refractivity (Wildman–Crippen MR) is 140 cm³/mol. The summed E-state index contributed by atoms with van der Waals surface area (Å²) in [6.45, 7) is 6.41. The first-order valence-electron chi connectivity index (χ1n) is 10.2. The van der Waals surface area contributed by atoms with Crippen LogP contribution in [0, 0.1) is 0 Å². The Bertz CT molecular complexity index is 400. The quantitative estimate of drug-likeness (QED) is 0.265. The maximum absolute atomic E-state index is 5.47. The third-order valence-electron chi connectivity index (χ3n) is 4.56. The van der Waals surface area contributed by atoms with Crippen LogP contribution in [-0.4, -0.2) is 46.3 Å². The summed E-state index contributed by atoms with van der Waals surface area (Å²) < 4.78 is 0. The molecule has 0 heterocycles. The van der Waals surface area contributed by atoms with E-state index in [1.54, 1.807) is 0 Å². The molecule has 176 valence electrons. The molecular weight excluding hydrogens is 450 g/mol. The van der Waals surface area contributed by atoms with Crippen LogP contribution >= 0.6 is 49.6 Å². The van der Waals surface area contributed by atoms with Crippen LogP contribution in [0.3, 0.4) is 0 Å². The first-order chi connectivity index (χ1) is 12.3. The lowest BCUT2D eigenvalue weighted by molar-refractivity contribution is 0.544. The topological polar surface area (TPSA) is 53.3 Å². The molecule has 0 spiro atoms. The Balaban J connectivity index is -0.000000781. The number of nitrogens with one attached hydrogen (secondary N) is 2. The normalized spacial score (nSPS) is 9.45. The molecule has 1 aromatic rings. The van der Waals surface area contributed by atoms with Crippen LogP contribution in [0.2, 0.25) is 0 Å². The van der Waals surface area contributed by atoms with E-state index in [-0.39, 0.29) is 49.6 Å². The lowest BCUT2D eigenvalue weighted by Crippen LogP contribution is -2.24. The maximum Gasteiger partial charge on any atom is 0.0363 e. The highest BCUT2D eigenvalue weighted by molar-refractivity contribution is 5.86. The van der Waals surface area contributed by atoms with Gasteiger partial charge in [-0.1, -0.05) is 43.9 Å². The van der Waals surface area contributed by atoms with Crippen LogP contribution in [0.15, 0.2) is 30.3 Å². The lowest BCUT2D eigenvalue weighted by Gasteiger charge is -2.19. The molecule has 0 fully saturated rings. The van der Waals surface area contributed by atoms with Crippen molar-refractivity contribution in [2.24, 2.45) is 5.73 Å². The van der Waals surface area contributed by atoms with E-state index in [4.69, 9.17) is 5.73 Å². The monoisotopic (exact) mass is 492 g/mol. The van der Waals surface area contributed by atoms with Gasteiger partial charge in [-0.05, 0) is 70.5 Å². The summed E-state index contributed by atoms with van der Waals surface area (Å²) in [7, 11) is 2.17. The van der Waals surface area contributed by atoms with Crippen molar-refractivity contribution in [3.8, 4) is 0 Å². The highest BCUT2D eigenvalue weighted by Gasteiger charge is 1.98. The van der Waals surface area contributed by atoms with Gasteiger partial charge in [0, 0.05) is 19.3 Å². The van der Waals surface area contributed by atoms with E-state index in [1.165, 1.54) is 50.6 Å². The molecule has 0 aromatic heterocycles. The van der Waals surface area contributed by atoms with Crippen molar-refractivity contribution in [1.82, 2.24) is 10.6 Å². The van der Waals surface area contributed by atoms with Crippen LogP contribution < -0.4 is 21.3 Å². The summed E-state index contributed by atoms with van der Waals surface area (Å²) in [6, 6.07) is 10.6. The molecule has 4 N–H and O–H groups in total. The molecule has 0 aliphatic heterocycles. The van der Waals surface area contributed by atoms with E-state index in [1.807, 2.05) is 0 Å². The molecular formula is C21H44Cl4N4. The second-order valence-electron chi connectivity index (χ2n) is 6.87. The van der Waals surface area contributed by atoms with Gasteiger partial charge >= 0.3 is 0 Å². The highest BCUT2D eigenvalue weighted by atomic mass is 35.5. The van der Waals surface area contributed by atoms with E-state index in [0.29, 0.717) is 0 Å². The highest BCUT2D eigenvalue weighted by Crippen LogP contribution is 2.10. The Morgan fingerprint density at radius 2 is 1.10 bits per heavy atom. The fourth-order valence-electron chi connectivity index (χ4n) is 2.94. The van der Waals surface area contributed by atoms with Gasteiger partial charge in [-0.25, -0.2) is 0 Å². The first kappa shape index (κ1) is 36.4. The average molecular weight is 494 g/mol. The standard InChI is InChI=1S/C21H40N4.4ClH/c1-25(21-13-7-6-8-14-21)20-12-19-24-17-10-5-3-2-4-9-16-23-18-11-15-22;;;;/h6-8,13-14,23-24H,2-5,9-12,15-20,22H2,1H3;4*1H. The number of nitrogens with zero attached hydrogens (tertiary/aromatic N) is 1. The van der Waals surface area contributed by atoms with Crippen molar-refractivity contribution in [1.29, 1.82) is 0 Å². The van der Waals surface area contributed by atoms with Crippen molar-refractivity contribution in [2.75, 3.05) is 51.2 Å². The Morgan fingerprint density at radius 3 is 1.62 bits per heavy atom. The molecule has 0 aliphatic carbocycles. The van der Waals surface area contributed by atoms with E-state index in [2.05, 4.69) is 52.9 Å². The number of hydrogen-bond donors (Lipinski definition) is 3. The van der Waals surface area contributed by atoms with Gasteiger partial charge in [0.2, 0.25) is 0 Å². The molecule has 4 nitrogen and oxygen atoms in total. The van der Waals surface area contributed by atoms with Gasteiger partial charge in [-0.2, -0.15) is 0 Å². The SMILES string of the molecule is CN(CCCNCCCCCCCCNCCCN)c1ccccc1.Cl.Cl.Cl.Cl. The van der Waals surface area contributed by atoms with Crippen LogP contribution in [-0.2, 0) is 0 Å². The Labute approximate surface area is 204 Å². The van der Waals surface area contributed by atoms with Crippen LogP contribution in [0.5, 0.6) is 0 Å². The van der Waals surface area contributed by atoms with Gasteiger partial charge < -0.3 is 21.3 Å². The summed E-state index contributed by atoms with van der Waals surface area (Å²) in [5.41, 5.74) is 6.77. The summed E-state index contributed by atoms with van der Waals surface area (Å²) in [5, 5.41) is 7.02. The molecule has 29 heavy (non-hydrogen) atoms. The molecule has 1 rings (SSSR count). The summed E-state index contributed by atoms with van der Waals surface area (Å²) in [6.07, 6.45) is 10.4. The lowest BCUT2D eigenvalue weighted by atomic mass is 10.1. The first-order valence-corrected chi connectivity index (χ1v) is 10.2. The van der Waals surface area contributed by atoms with Gasteiger partial charge in [0.1, 0.15) is 0 Å². The number of rotatable bonds is 17. The van der Waals surface area contributed by atoms with E-state index in [9.17, 15) is 0 Å². The molecule has 8 heteroatoms. The number of para-hydroxylation sites is 1. The number of benzene rings is 1. The summed E-state index contributed by atoms with van der Waals surface area (Å²) in [5.74, 6) is 0. The second kappa shape index (κ2) is 28.1. The van der Waals surface area contributed by atoms with E-state index >= 15 is 0 Å². The fraction of sp³-hybridized carbons (Fsp3) is 0.714. The number of unbranched alkanes of at least 4 members (excludes halogenated alkanes) is 5. The maximum atomic E-state index is 5.47. The molecule has 0 bridgehead atoms. The Hall–Kier alpha value is 0.0600. The number of halogens is 4. The van der Waals surface area contributed by atoms with Crippen LogP contribution in [0.4, 0.5) is 5.69 Å². The van der Waals surface area contributed by atoms with Gasteiger partial charge in [-0.3, -0.25) is 0 Å². The number of anilines is 1. The van der Waals surface area contributed by atoms with Gasteiger partial charge in [-0.15, -0.1) is 49.6 Å². The molecule has 1 aromatic carbocycles. The van der Waals surface area contributed by atoms with Crippen molar-refractivity contribution in [3.63, 3.8) is 0 Å². The number of hydrogen-bond acceptors (Lipinski definition) is 4. The molecule has 0 amide bonds. The van der Waals surface area contributed by atoms with Crippen molar-refractivity contribution >= 4 is 55.3 Å². The fourth-order valence-corrected chi connectivity index (χ4v) is 2.94. The molecule has 0 saturated heterocycles. The third kappa shape index (κ3) is 22.6. The second-order valence-corrected chi connectivity index (χ2v) is 6.87. The molecule has 0 unspecified atom stereocenters. The molecule has 0 atom stereocenters. The average Bonchev–Trinajstić information content (AvgIpc) is 2.65. The smallest absolute Gasteiger partial charge is 0.0363 e. The predicted octanol–water partition coefficient (Wildman–Crippen LogP) is 5.07. The Kier molecular flexibility index (Phi) is 35.3. The largest absolute Gasteiger partial charge is 0.375 e. The van der Waals surface area contributed by atoms with Crippen LogP contribution in [0.1, 0.15) is 51.4 Å². The van der Waals surface area contributed by atoms with E-state index < -0.39 is 0 Å². The van der Waals surface area contributed by atoms with E-state index in [0.717, 1.165) is 45.7 Å². The minimum atomic E-state index is 0. The minimum absolute atomic E-state index is 0. The zero-order chi connectivity index (χ0) is 18.0. The molecule has 0 aliphatic rings. The van der Waals surface area contributed by atoms with Gasteiger partial charge in [0.15, 0.2) is 0 Å². The van der Waals surface area contributed by atoms with Crippen molar-refractivity contribution < 1.29 is 0 Å². The third-order valence-corrected chi connectivity index (χ3v) is 4.56. The minimum Gasteiger partial charge on any atom is -0.375 e. The number of nitrogens with two attached hydrogens (primary N) is 1. The zero-order valence-electron chi connectivity index (χ0n) is 17.9. The van der Waals surface area contributed by atoms with Gasteiger partial charge in [0.25, 0.3) is 0 Å². The summed E-state index contributed by atoms with van der Waals surface area (Å²) >= 11 is 0. The van der Waals surface area contributed by atoms with Gasteiger partial charge in [0.05, 0.1) is 0 Å².